The van der Waals surface area contributed by atoms with Crippen molar-refractivity contribution in [3.63, 3.8) is 0 Å². The monoisotopic (exact) mass is 331 g/mol. The Kier molecular flexibility index (Phi) is 9.98. The van der Waals surface area contributed by atoms with Crippen molar-refractivity contribution in [2.45, 2.75) is 4.90 Å². The van der Waals surface area contributed by atoms with E-state index in [1.54, 1.807) is 11.8 Å². The summed E-state index contributed by atoms with van der Waals surface area (Å²) >= 11 is 1.76. The molecule has 5 nitrogen and oxygen atoms in total. The molecule has 0 aromatic heterocycles. The van der Waals surface area contributed by atoms with Gasteiger partial charge in [0, 0.05) is 11.0 Å². The standard InChI is InChI=1S/C14H18NS.ClHO4/c1-15(2)12-6-4-5-7-13-8-10-14(16-3)11-9-13;2-1(3,4)5/h4-12H,1-3H3;(H,2,3,4,5)/q+1;/p-1/b6-4+,7-5+;. The van der Waals surface area contributed by atoms with Crippen LogP contribution in [0.3, 0.4) is 0 Å². The highest BCUT2D eigenvalue weighted by molar-refractivity contribution is 7.98. The average Bonchev–Trinajstić information content (AvgIpc) is 2.37. The smallest absolute Gasteiger partial charge is 0.162 e. The van der Waals surface area contributed by atoms with Crippen molar-refractivity contribution >= 4 is 24.1 Å². The van der Waals surface area contributed by atoms with Crippen molar-refractivity contribution in [3.05, 3.63) is 48.1 Å². The van der Waals surface area contributed by atoms with E-state index in [4.69, 9.17) is 18.6 Å². The summed E-state index contributed by atoms with van der Waals surface area (Å²) in [7, 11) is -0.926. The minimum Gasteiger partial charge on any atom is -0.241 e. The summed E-state index contributed by atoms with van der Waals surface area (Å²) in [5.74, 6) is 0. The van der Waals surface area contributed by atoms with Gasteiger partial charge in [0.2, 0.25) is 0 Å². The molecule has 21 heavy (non-hydrogen) atoms. The lowest BCUT2D eigenvalue weighted by Crippen LogP contribution is -2.68. The first kappa shape index (κ1) is 19.9. The lowest BCUT2D eigenvalue weighted by atomic mass is 10.2. The van der Waals surface area contributed by atoms with Crippen LogP contribution in [0, 0.1) is 10.2 Å². The summed E-state index contributed by atoms with van der Waals surface area (Å²) in [4.78, 5) is 1.30. The van der Waals surface area contributed by atoms with Gasteiger partial charge in [-0.05, 0) is 24.0 Å². The Hall–Kier alpha value is -1.15. The lowest BCUT2D eigenvalue weighted by molar-refractivity contribution is -2.00. The highest BCUT2D eigenvalue weighted by atomic mass is 35.7. The van der Waals surface area contributed by atoms with E-state index in [-0.39, 0.29) is 0 Å². The molecule has 0 spiro atoms. The molecular formula is C14H18ClNO4S. The van der Waals surface area contributed by atoms with Crippen molar-refractivity contribution in [2.75, 3.05) is 20.4 Å². The highest BCUT2D eigenvalue weighted by Gasteiger charge is 1.88. The van der Waals surface area contributed by atoms with E-state index in [9.17, 15) is 0 Å². The molecule has 0 N–H and O–H groups in total. The first-order valence-corrected chi connectivity index (χ1v) is 8.28. The van der Waals surface area contributed by atoms with Crippen LogP contribution in [0.2, 0.25) is 0 Å². The van der Waals surface area contributed by atoms with Gasteiger partial charge < -0.3 is 0 Å². The Labute approximate surface area is 131 Å². The number of thioether (sulfide) groups is 1. The fraction of sp³-hybridized carbons (Fsp3) is 0.214. The molecule has 0 radical (unpaired) electrons. The van der Waals surface area contributed by atoms with E-state index < -0.39 is 10.2 Å². The van der Waals surface area contributed by atoms with Crippen molar-refractivity contribution in [3.8, 4) is 0 Å². The maximum atomic E-state index is 8.49. The summed E-state index contributed by atoms with van der Waals surface area (Å²) in [6, 6.07) is 8.54. The molecule has 0 aliphatic heterocycles. The molecule has 0 bridgehead atoms. The molecule has 1 rings (SSSR count). The van der Waals surface area contributed by atoms with Gasteiger partial charge in [0.15, 0.2) is 6.21 Å². The molecule has 0 unspecified atom stereocenters. The third-order valence-electron chi connectivity index (χ3n) is 2.01. The van der Waals surface area contributed by atoms with E-state index in [1.807, 2.05) is 43.1 Å². The number of benzene rings is 1. The maximum Gasteiger partial charge on any atom is 0.162 e. The predicted octanol–water partition coefficient (Wildman–Crippen LogP) is -1.44. The summed E-state index contributed by atoms with van der Waals surface area (Å²) in [6.45, 7) is 0. The van der Waals surface area contributed by atoms with Gasteiger partial charge in [0.05, 0.1) is 0 Å². The molecule has 0 fully saturated rings. The summed E-state index contributed by atoms with van der Waals surface area (Å²) in [6.07, 6.45) is 12.3. The molecule has 7 heteroatoms. The summed E-state index contributed by atoms with van der Waals surface area (Å²) < 4.78 is 36.0. The molecular weight excluding hydrogens is 314 g/mol. The molecule has 0 aliphatic rings. The molecule has 0 saturated heterocycles. The van der Waals surface area contributed by atoms with Crippen molar-refractivity contribution in [1.82, 2.24) is 0 Å². The zero-order valence-corrected chi connectivity index (χ0v) is 13.6. The van der Waals surface area contributed by atoms with Gasteiger partial charge in [-0.25, -0.2) is 23.2 Å². The van der Waals surface area contributed by atoms with Crippen LogP contribution in [0.25, 0.3) is 6.08 Å². The maximum absolute atomic E-state index is 8.49. The first-order chi connectivity index (χ1) is 9.72. The number of nitrogens with zero attached hydrogens (tertiary/aromatic N) is 1. The zero-order chi connectivity index (χ0) is 16.3. The molecule has 0 atom stereocenters. The van der Waals surface area contributed by atoms with Crippen LogP contribution in [0.1, 0.15) is 5.56 Å². The topological polar surface area (TPSA) is 95.2 Å². The second-order valence-corrected chi connectivity index (χ2v) is 5.64. The number of hydrogen-bond acceptors (Lipinski definition) is 5. The number of rotatable bonds is 4. The largest absolute Gasteiger partial charge is 0.241 e. The number of allylic oxidation sites excluding steroid dienone is 3. The fourth-order valence-corrected chi connectivity index (χ4v) is 1.58. The van der Waals surface area contributed by atoms with Gasteiger partial charge in [-0.15, -0.1) is 22.0 Å². The second-order valence-electron chi connectivity index (χ2n) is 4.01. The van der Waals surface area contributed by atoms with Gasteiger partial charge in [0.25, 0.3) is 0 Å². The minimum atomic E-state index is -4.94. The summed E-state index contributed by atoms with van der Waals surface area (Å²) in [5.41, 5.74) is 1.23. The Morgan fingerprint density at radius 2 is 1.48 bits per heavy atom. The van der Waals surface area contributed by atoms with Crippen LogP contribution in [0.4, 0.5) is 0 Å². The second kappa shape index (κ2) is 10.6. The third kappa shape index (κ3) is 15.1. The molecule has 0 saturated carbocycles. The van der Waals surface area contributed by atoms with Crippen LogP contribution in [-0.2, 0) is 0 Å². The Morgan fingerprint density at radius 3 is 1.90 bits per heavy atom. The average molecular weight is 332 g/mol. The van der Waals surface area contributed by atoms with Crippen molar-refractivity contribution < 1.29 is 33.5 Å². The Balaban J connectivity index is 0.000000690. The fourth-order valence-electron chi connectivity index (χ4n) is 1.17. The van der Waals surface area contributed by atoms with E-state index in [2.05, 4.69) is 36.6 Å². The van der Waals surface area contributed by atoms with Gasteiger partial charge in [-0.2, -0.15) is 0 Å². The Bertz CT molecular complexity index is 483. The van der Waals surface area contributed by atoms with E-state index >= 15 is 0 Å². The normalized spacial score (nSPS) is 11.4. The molecule has 116 valence electrons. The van der Waals surface area contributed by atoms with Gasteiger partial charge >= 0.3 is 0 Å². The van der Waals surface area contributed by atoms with E-state index in [0.717, 1.165) is 0 Å². The van der Waals surface area contributed by atoms with E-state index in [1.165, 1.54) is 10.5 Å². The van der Waals surface area contributed by atoms with Crippen LogP contribution in [0.5, 0.6) is 0 Å². The predicted molar refractivity (Wildman–Crippen MR) is 74.6 cm³/mol. The van der Waals surface area contributed by atoms with Crippen LogP contribution >= 0.6 is 11.8 Å². The quantitative estimate of drug-likeness (QED) is 0.291. The van der Waals surface area contributed by atoms with Gasteiger partial charge in [0.1, 0.15) is 14.1 Å². The minimum absolute atomic E-state index is 1.23. The zero-order valence-electron chi connectivity index (χ0n) is 12.1. The van der Waals surface area contributed by atoms with Gasteiger partial charge in [-0.3, -0.25) is 0 Å². The van der Waals surface area contributed by atoms with Crippen LogP contribution in [-0.4, -0.2) is 31.1 Å². The van der Waals surface area contributed by atoms with Crippen molar-refractivity contribution in [2.24, 2.45) is 0 Å². The van der Waals surface area contributed by atoms with E-state index in [0.29, 0.717) is 0 Å². The molecule has 0 amide bonds. The molecule has 1 aromatic rings. The first-order valence-electron chi connectivity index (χ1n) is 5.83. The molecule has 0 heterocycles. The molecule has 1 aromatic carbocycles. The summed E-state index contributed by atoms with van der Waals surface area (Å²) in [5, 5.41) is 0. The van der Waals surface area contributed by atoms with Crippen molar-refractivity contribution in [1.29, 1.82) is 0 Å². The third-order valence-corrected chi connectivity index (χ3v) is 2.75. The number of hydrogen-bond donors (Lipinski definition) is 0. The van der Waals surface area contributed by atoms with Gasteiger partial charge in [-0.1, -0.05) is 30.4 Å². The highest BCUT2D eigenvalue weighted by Crippen LogP contribution is 2.15. The van der Waals surface area contributed by atoms with Crippen LogP contribution in [0.15, 0.2) is 47.4 Å². The Morgan fingerprint density at radius 1 is 0.952 bits per heavy atom. The lowest BCUT2D eigenvalue weighted by Gasteiger charge is -2.17. The number of halogens is 1. The molecule has 0 aliphatic carbocycles. The SMILES string of the molecule is CSc1ccc(/C=C/C=C/C=[N+](C)C)cc1.[O-][Cl+3]([O-])([O-])[O-]. The van der Waals surface area contributed by atoms with Crippen LogP contribution < -0.4 is 18.6 Å².